The number of rotatable bonds is 3. The second kappa shape index (κ2) is 5.25. The molecule has 96 valence electrons. The van der Waals surface area contributed by atoms with Crippen molar-refractivity contribution in [2.45, 2.75) is 25.2 Å². The largest absolute Gasteiger partial charge is 0.289 e. The Morgan fingerprint density at radius 3 is 2.42 bits per heavy atom. The van der Waals surface area contributed by atoms with Gasteiger partial charge < -0.3 is 0 Å². The van der Waals surface area contributed by atoms with Crippen LogP contribution in [0.25, 0.3) is 0 Å². The van der Waals surface area contributed by atoms with Gasteiger partial charge in [-0.25, -0.2) is 0 Å². The van der Waals surface area contributed by atoms with Crippen LogP contribution in [-0.4, -0.2) is 10.8 Å². The van der Waals surface area contributed by atoms with E-state index in [0.29, 0.717) is 11.5 Å². The number of carbonyl (C=O) groups is 1. The lowest BCUT2D eigenvalue weighted by Gasteiger charge is -2.25. The summed E-state index contributed by atoms with van der Waals surface area (Å²) in [4.78, 5) is 16.3. The molecule has 1 aromatic heterocycles. The number of halogens is 1. The van der Waals surface area contributed by atoms with Crippen LogP contribution in [0.15, 0.2) is 47.2 Å². The minimum absolute atomic E-state index is 0.0222. The molecule has 2 aromatic rings. The highest BCUT2D eigenvalue weighted by Crippen LogP contribution is 2.36. The second-order valence-electron chi connectivity index (χ2n) is 4.97. The third-order valence-corrected chi connectivity index (χ3v) is 4.15. The molecule has 1 aliphatic carbocycles. The van der Waals surface area contributed by atoms with Crippen molar-refractivity contribution in [1.29, 1.82) is 0 Å². The zero-order valence-electron chi connectivity index (χ0n) is 10.5. The van der Waals surface area contributed by atoms with Crippen LogP contribution < -0.4 is 0 Å². The molecule has 1 saturated carbocycles. The SMILES string of the molecule is O=C(c1ccc(C2CCC2)cc1)c1cncc(Br)c1. The molecule has 0 bridgehead atoms. The highest BCUT2D eigenvalue weighted by Gasteiger charge is 2.19. The number of nitrogens with zero attached hydrogens (tertiary/aromatic N) is 1. The minimum atomic E-state index is 0.0222. The van der Waals surface area contributed by atoms with Crippen LogP contribution in [-0.2, 0) is 0 Å². The Morgan fingerprint density at radius 2 is 1.84 bits per heavy atom. The topological polar surface area (TPSA) is 30.0 Å². The summed E-state index contributed by atoms with van der Waals surface area (Å²) in [6.45, 7) is 0. The molecule has 3 rings (SSSR count). The number of ketones is 1. The zero-order valence-corrected chi connectivity index (χ0v) is 12.1. The Morgan fingerprint density at radius 1 is 1.11 bits per heavy atom. The molecule has 19 heavy (non-hydrogen) atoms. The standard InChI is InChI=1S/C16H14BrNO/c17-15-8-14(9-18-10-15)16(19)13-6-4-12(5-7-13)11-2-1-3-11/h4-11H,1-3H2. The Hall–Kier alpha value is -1.48. The van der Waals surface area contributed by atoms with Gasteiger partial charge in [0.25, 0.3) is 0 Å². The van der Waals surface area contributed by atoms with Crippen LogP contribution in [0.1, 0.15) is 46.7 Å². The monoisotopic (exact) mass is 315 g/mol. The summed E-state index contributed by atoms with van der Waals surface area (Å²) in [5.74, 6) is 0.727. The molecule has 0 aliphatic heterocycles. The molecular formula is C16H14BrNO. The van der Waals surface area contributed by atoms with Gasteiger partial charge in [-0.05, 0) is 46.3 Å². The first-order chi connectivity index (χ1) is 9.24. The van der Waals surface area contributed by atoms with Gasteiger partial charge >= 0.3 is 0 Å². The van der Waals surface area contributed by atoms with E-state index in [-0.39, 0.29) is 5.78 Å². The first-order valence-corrected chi connectivity index (χ1v) is 7.28. The van der Waals surface area contributed by atoms with Crippen molar-refractivity contribution in [1.82, 2.24) is 4.98 Å². The molecule has 2 nitrogen and oxygen atoms in total. The van der Waals surface area contributed by atoms with E-state index in [4.69, 9.17) is 0 Å². The molecule has 1 aliphatic rings. The van der Waals surface area contributed by atoms with Gasteiger partial charge in [0.2, 0.25) is 0 Å². The average Bonchev–Trinajstić information content (AvgIpc) is 2.37. The molecule has 0 atom stereocenters. The van der Waals surface area contributed by atoms with Crippen molar-refractivity contribution < 1.29 is 4.79 Å². The van der Waals surface area contributed by atoms with E-state index in [1.54, 1.807) is 18.5 Å². The molecule has 0 N–H and O–H groups in total. The molecular weight excluding hydrogens is 302 g/mol. The summed E-state index contributed by atoms with van der Waals surface area (Å²) in [6, 6.07) is 9.83. The fourth-order valence-corrected chi connectivity index (χ4v) is 2.72. The van der Waals surface area contributed by atoms with Gasteiger partial charge in [-0.15, -0.1) is 0 Å². The second-order valence-corrected chi connectivity index (χ2v) is 5.89. The molecule has 0 amide bonds. The lowest BCUT2D eigenvalue weighted by atomic mass is 9.80. The molecule has 0 spiro atoms. The van der Waals surface area contributed by atoms with Crippen LogP contribution >= 0.6 is 15.9 Å². The van der Waals surface area contributed by atoms with E-state index in [1.165, 1.54) is 24.8 Å². The quantitative estimate of drug-likeness (QED) is 0.788. The third-order valence-electron chi connectivity index (χ3n) is 3.72. The van der Waals surface area contributed by atoms with Crippen LogP contribution in [0.5, 0.6) is 0 Å². The van der Waals surface area contributed by atoms with Crippen molar-refractivity contribution in [2.75, 3.05) is 0 Å². The van der Waals surface area contributed by atoms with Gasteiger partial charge in [0, 0.05) is 28.0 Å². The molecule has 1 aromatic carbocycles. The number of hydrogen-bond acceptors (Lipinski definition) is 2. The fraction of sp³-hybridized carbons (Fsp3) is 0.250. The number of benzene rings is 1. The van der Waals surface area contributed by atoms with Gasteiger partial charge in [-0.2, -0.15) is 0 Å². The first-order valence-electron chi connectivity index (χ1n) is 6.49. The summed E-state index contributed by atoms with van der Waals surface area (Å²) >= 11 is 3.34. The molecule has 3 heteroatoms. The fourth-order valence-electron chi connectivity index (χ4n) is 2.35. The van der Waals surface area contributed by atoms with Crippen LogP contribution in [0.3, 0.4) is 0 Å². The van der Waals surface area contributed by atoms with Crippen LogP contribution in [0, 0.1) is 0 Å². The van der Waals surface area contributed by atoms with Crippen LogP contribution in [0.2, 0.25) is 0 Å². The first kappa shape index (κ1) is 12.5. The average molecular weight is 316 g/mol. The molecule has 1 fully saturated rings. The summed E-state index contributed by atoms with van der Waals surface area (Å²) < 4.78 is 0.824. The highest BCUT2D eigenvalue weighted by atomic mass is 79.9. The molecule has 0 unspecified atom stereocenters. The van der Waals surface area contributed by atoms with Gasteiger partial charge in [0.1, 0.15) is 0 Å². The van der Waals surface area contributed by atoms with Crippen molar-refractivity contribution in [2.24, 2.45) is 0 Å². The normalized spacial score (nSPS) is 15.0. The minimum Gasteiger partial charge on any atom is -0.289 e. The predicted molar refractivity (Wildman–Crippen MR) is 78.4 cm³/mol. The Balaban J connectivity index is 1.83. The van der Waals surface area contributed by atoms with Crippen molar-refractivity contribution >= 4 is 21.7 Å². The summed E-state index contributed by atoms with van der Waals surface area (Å²) in [5.41, 5.74) is 2.70. The molecule has 0 saturated heterocycles. The van der Waals surface area contributed by atoms with Gasteiger partial charge in [-0.1, -0.05) is 30.7 Å². The number of aromatic nitrogens is 1. The number of hydrogen-bond donors (Lipinski definition) is 0. The lowest BCUT2D eigenvalue weighted by Crippen LogP contribution is -2.09. The van der Waals surface area contributed by atoms with Gasteiger partial charge in [0.05, 0.1) is 0 Å². The van der Waals surface area contributed by atoms with E-state index < -0.39 is 0 Å². The lowest BCUT2D eigenvalue weighted by molar-refractivity contribution is 0.103. The summed E-state index contributed by atoms with van der Waals surface area (Å²) in [6.07, 6.45) is 7.17. The van der Waals surface area contributed by atoms with Crippen LogP contribution in [0.4, 0.5) is 0 Å². The van der Waals surface area contributed by atoms with E-state index in [9.17, 15) is 4.79 Å². The maximum absolute atomic E-state index is 12.3. The number of pyridine rings is 1. The number of carbonyl (C=O) groups excluding carboxylic acids is 1. The maximum Gasteiger partial charge on any atom is 0.194 e. The van der Waals surface area contributed by atoms with Gasteiger partial charge in [0.15, 0.2) is 5.78 Å². The predicted octanol–water partition coefficient (Wildman–Crippen LogP) is 4.34. The summed E-state index contributed by atoms with van der Waals surface area (Å²) in [5, 5.41) is 0. The Bertz CT molecular complexity index is 602. The van der Waals surface area contributed by atoms with E-state index in [2.05, 4.69) is 33.0 Å². The Labute approximate surface area is 121 Å². The van der Waals surface area contributed by atoms with Gasteiger partial charge in [-0.3, -0.25) is 9.78 Å². The maximum atomic E-state index is 12.3. The smallest absolute Gasteiger partial charge is 0.194 e. The van der Waals surface area contributed by atoms with E-state index >= 15 is 0 Å². The van der Waals surface area contributed by atoms with Crippen molar-refractivity contribution in [3.05, 3.63) is 63.9 Å². The van der Waals surface area contributed by atoms with E-state index in [1.807, 2.05) is 12.1 Å². The molecule has 1 heterocycles. The van der Waals surface area contributed by atoms with Crippen molar-refractivity contribution in [3.63, 3.8) is 0 Å². The summed E-state index contributed by atoms with van der Waals surface area (Å²) in [7, 11) is 0. The zero-order chi connectivity index (χ0) is 13.2. The van der Waals surface area contributed by atoms with E-state index in [0.717, 1.165) is 10.0 Å². The molecule has 0 radical (unpaired) electrons. The Kier molecular flexibility index (Phi) is 3.47. The highest BCUT2D eigenvalue weighted by molar-refractivity contribution is 9.10. The van der Waals surface area contributed by atoms with Crippen molar-refractivity contribution in [3.8, 4) is 0 Å². The third kappa shape index (κ3) is 2.61.